The number of hydrogen-bond acceptors (Lipinski definition) is 4. The van der Waals surface area contributed by atoms with Crippen LogP contribution in [-0.2, 0) is 12.8 Å². The smallest absolute Gasteiger partial charge is 0.287 e. The quantitative estimate of drug-likeness (QED) is 0.453. The van der Waals surface area contributed by atoms with Crippen molar-refractivity contribution in [3.05, 3.63) is 41.2 Å². The molecule has 18 heavy (non-hydrogen) atoms. The zero-order chi connectivity index (χ0) is 12.5. The Labute approximate surface area is 104 Å². The van der Waals surface area contributed by atoms with Crippen LogP contribution in [0.2, 0.25) is 0 Å². The average Bonchev–Trinajstić information content (AvgIpc) is 3.05. The summed E-state index contributed by atoms with van der Waals surface area (Å²) < 4.78 is 1.59. The lowest BCUT2D eigenvalue weighted by Crippen LogP contribution is -2.30. The number of nitrogen functional groups attached to an aromatic ring is 1. The second-order valence-corrected chi connectivity index (χ2v) is 4.33. The van der Waals surface area contributed by atoms with Gasteiger partial charge >= 0.3 is 0 Å². The van der Waals surface area contributed by atoms with Crippen LogP contribution in [0.25, 0.3) is 5.69 Å². The molecule has 2 aromatic rings. The van der Waals surface area contributed by atoms with E-state index in [0.717, 1.165) is 18.5 Å². The number of rotatable bonds is 2. The second-order valence-electron chi connectivity index (χ2n) is 4.33. The van der Waals surface area contributed by atoms with Crippen LogP contribution in [0.4, 0.5) is 0 Å². The van der Waals surface area contributed by atoms with Crippen molar-refractivity contribution in [1.82, 2.24) is 20.4 Å². The first-order valence-corrected chi connectivity index (χ1v) is 5.83. The van der Waals surface area contributed by atoms with Crippen LogP contribution < -0.4 is 11.3 Å². The average molecular weight is 243 g/mol. The fourth-order valence-electron chi connectivity index (χ4n) is 2.27. The third-order valence-electron chi connectivity index (χ3n) is 3.20. The molecule has 3 N–H and O–H groups in total. The number of amides is 1. The second kappa shape index (κ2) is 4.23. The number of carbonyl (C=O) groups excluding carboxylic acids is 1. The Kier molecular flexibility index (Phi) is 2.56. The van der Waals surface area contributed by atoms with Crippen molar-refractivity contribution in [1.29, 1.82) is 0 Å². The molecule has 6 heteroatoms. The van der Waals surface area contributed by atoms with E-state index >= 15 is 0 Å². The summed E-state index contributed by atoms with van der Waals surface area (Å²) in [7, 11) is 0. The fourth-order valence-corrected chi connectivity index (χ4v) is 2.27. The van der Waals surface area contributed by atoms with Crippen molar-refractivity contribution in [3.63, 3.8) is 0 Å². The molecule has 1 heterocycles. The van der Waals surface area contributed by atoms with Crippen molar-refractivity contribution in [2.24, 2.45) is 5.84 Å². The SMILES string of the molecule is NNC(=O)c1cn(-c2ccc3c(c2)CCC3)nn1. The molecule has 1 aromatic heterocycles. The molecule has 0 fully saturated rings. The number of hydrogen-bond donors (Lipinski definition) is 2. The van der Waals surface area contributed by atoms with Crippen LogP contribution in [-0.4, -0.2) is 20.9 Å². The van der Waals surface area contributed by atoms with Crippen molar-refractivity contribution in [2.45, 2.75) is 19.3 Å². The lowest BCUT2D eigenvalue weighted by Gasteiger charge is -2.03. The maximum absolute atomic E-state index is 11.3. The van der Waals surface area contributed by atoms with E-state index in [0.29, 0.717) is 0 Å². The van der Waals surface area contributed by atoms with Gasteiger partial charge < -0.3 is 0 Å². The van der Waals surface area contributed by atoms with Gasteiger partial charge in [-0.1, -0.05) is 11.3 Å². The normalized spacial score (nSPS) is 13.4. The highest BCUT2D eigenvalue weighted by atomic mass is 16.2. The Hall–Kier alpha value is -2.21. The molecule has 3 rings (SSSR count). The van der Waals surface area contributed by atoms with Gasteiger partial charge in [0.25, 0.3) is 5.91 Å². The number of carbonyl (C=O) groups is 1. The van der Waals surface area contributed by atoms with Gasteiger partial charge in [-0.15, -0.1) is 5.10 Å². The zero-order valence-electron chi connectivity index (χ0n) is 9.76. The summed E-state index contributed by atoms with van der Waals surface area (Å²) in [6.45, 7) is 0. The number of nitrogens with zero attached hydrogens (tertiary/aromatic N) is 3. The van der Waals surface area contributed by atoms with E-state index < -0.39 is 5.91 Å². The fraction of sp³-hybridized carbons (Fsp3) is 0.250. The molecular weight excluding hydrogens is 230 g/mol. The number of aryl methyl sites for hydroxylation is 2. The van der Waals surface area contributed by atoms with Gasteiger partial charge in [-0.25, -0.2) is 10.5 Å². The molecule has 0 radical (unpaired) electrons. The van der Waals surface area contributed by atoms with Gasteiger partial charge in [0.15, 0.2) is 5.69 Å². The highest BCUT2D eigenvalue weighted by molar-refractivity contribution is 5.91. The number of hydrazine groups is 1. The minimum absolute atomic E-state index is 0.206. The van der Waals surface area contributed by atoms with Crippen LogP contribution in [0.3, 0.4) is 0 Å². The minimum Gasteiger partial charge on any atom is -0.289 e. The third kappa shape index (κ3) is 1.76. The van der Waals surface area contributed by atoms with Crippen LogP contribution in [0.15, 0.2) is 24.4 Å². The molecule has 0 saturated heterocycles. The maximum atomic E-state index is 11.3. The van der Waals surface area contributed by atoms with E-state index in [4.69, 9.17) is 5.84 Å². The van der Waals surface area contributed by atoms with Crippen molar-refractivity contribution >= 4 is 5.91 Å². The molecule has 6 nitrogen and oxygen atoms in total. The zero-order valence-corrected chi connectivity index (χ0v) is 9.76. The predicted molar refractivity (Wildman–Crippen MR) is 65.0 cm³/mol. The van der Waals surface area contributed by atoms with Gasteiger partial charge in [-0.3, -0.25) is 10.2 Å². The Morgan fingerprint density at radius 2 is 2.17 bits per heavy atom. The summed E-state index contributed by atoms with van der Waals surface area (Å²) in [5.74, 6) is 4.61. The van der Waals surface area contributed by atoms with E-state index in [2.05, 4.69) is 22.4 Å². The van der Waals surface area contributed by atoms with Crippen molar-refractivity contribution < 1.29 is 4.79 Å². The number of benzene rings is 1. The van der Waals surface area contributed by atoms with Gasteiger partial charge in [0, 0.05) is 0 Å². The first kappa shape index (κ1) is 10.9. The van der Waals surface area contributed by atoms with Gasteiger partial charge in [0.05, 0.1) is 11.9 Å². The highest BCUT2D eigenvalue weighted by Gasteiger charge is 2.13. The van der Waals surface area contributed by atoms with Crippen LogP contribution in [0.1, 0.15) is 28.0 Å². The van der Waals surface area contributed by atoms with Crippen molar-refractivity contribution in [3.8, 4) is 5.69 Å². The number of nitrogens with two attached hydrogens (primary N) is 1. The van der Waals surface area contributed by atoms with Crippen LogP contribution >= 0.6 is 0 Å². The summed E-state index contributed by atoms with van der Waals surface area (Å²) in [6.07, 6.45) is 5.03. The molecule has 0 atom stereocenters. The summed E-state index contributed by atoms with van der Waals surface area (Å²) >= 11 is 0. The molecule has 0 unspecified atom stereocenters. The molecule has 92 valence electrons. The molecule has 1 aromatic carbocycles. The molecule has 0 saturated carbocycles. The highest BCUT2D eigenvalue weighted by Crippen LogP contribution is 2.24. The molecule has 0 bridgehead atoms. The topological polar surface area (TPSA) is 85.8 Å². The number of aromatic nitrogens is 3. The van der Waals surface area contributed by atoms with Gasteiger partial charge in [-0.05, 0) is 42.5 Å². The van der Waals surface area contributed by atoms with E-state index in [1.807, 2.05) is 11.5 Å². The molecule has 1 aliphatic carbocycles. The van der Waals surface area contributed by atoms with E-state index in [-0.39, 0.29) is 5.69 Å². The Balaban J connectivity index is 1.95. The Morgan fingerprint density at radius 1 is 1.33 bits per heavy atom. The van der Waals surface area contributed by atoms with Crippen LogP contribution in [0, 0.1) is 0 Å². The van der Waals surface area contributed by atoms with E-state index in [9.17, 15) is 4.79 Å². The van der Waals surface area contributed by atoms with E-state index in [1.54, 1.807) is 10.9 Å². The predicted octanol–water partition coefficient (Wildman–Crippen LogP) is 0.359. The largest absolute Gasteiger partial charge is 0.289 e. The Morgan fingerprint density at radius 3 is 3.00 bits per heavy atom. The first-order chi connectivity index (χ1) is 8.78. The third-order valence-corrected chi connectivity index (χ3v) is 3.20. The summed E-state index contributed by atoms with van der Waals surface area (Å²) in [5.41, 5.74) is 5.91. The summed E-state index contributed by atoms with van der Waals surface area (Å²) in [5, 5.41) is 7.71. The molecule has 1 aliphatic rings. The lowest BCUT2D eigenvalue weighted by molar-refractivity contribution is 0.0948. The monoisotopic (exact) mass is 243 g/mol. The molecular formula is C12H13N5O. The minimum atomic E-state index is -0.442. The first-order valence-electron chi connectivity index (χ1n) is 5.83. The Bertz CT molecular complexity index is 604. The summed E-state index contributed by atoms with van der Waals surface area (Å²) in [6, 6.07) is 6.20. The van der Waals surface area contributed by atoms with Gasteiger partial charge in [0.2, 0.25) is 0 Å². The molecule has 1 amide bonds. The number of nitrogens with one attached hydrogen (secondary N) is 1. The van der Waals surface area contributed by atoms with Gasteiger partial charge in [0.1, 0.15) is 0 Å². The van der Waals surface area contributed by atoms with Crippen LogP contribution in [0.5, 0.6) is 0 Å². The molecule has 0 spiro atoms. The van der Waals surface area contributed by atoms with Gasteiger partial charge in [-0.2, -0.15) is 0 Å². The lowest BCUT2D eigenvalue weighted by atomic mass is 10.1. The van der Waals surface area contributed by atoms with E-state index in [1.165, 1.54) is 17.5 Å². The molecule has 0 aliphatic heterocycles. The van der Waals surface area contributed by atoms with Crippen molar-refractivity contribution in [2.75, 3.05) is 0 Å². The standard InChI is InChI=1S/C12H13N5O/c13-14-12(18)11-7-17(16-15-11)10-5-4-8-2-1-3-9(8)6-10/h4-7H,1-3,13H2,(H,14,18). The summed E-state index contributed by atoms with van der Waals surface area (Å²) in [4.78, 5) is 11.3. The maximum Gasteiger partial charge on any atom is 0.287 e. The number of fused-ring (bicyclic) bond motifs is 1.